The van der Waals surface area contributed by atoms with Crippen LogP contribution in [0.15, 0.2) is 48.5 Å². The molecular formula is C20H24ClN3O2. The van der Waals surface area contributed by atoms with Crippen LogP contribution >= 0.6 is 11.6 Å². The number of halogens is 1. The summed E-state index contributed by atoms with van der Waals surface area (Å²) in [5.74, 6) is -0.298. The van der Waals surface area contributed by atoms with Crippen molar-refractivity contribution in [2.75, 3.05) is 25.5 Å². The second-order valence-electron chi connectivity index (χ2n) is 6.43. The normalized spacial score (nSPS) is 11.9. The van der Waals surface area contributed by atoms with Gasteiger partial charge in [0.05, 0.1) is 19.1 Å². The third-order valence-electron chi connectivity index (χ3n) is 3.91. The summed E-state index contributed by atoms with van der Waals surface area (Å²) in [5.41, 5.74) is 2.85. The first-order chi connectivity index (χ1) is 12.3. The topological polar surface area (TPSA) is 61.4 Å². The molecule has 0 aliphatic carbocycles. The Morgan fingerprint density at radius 2 is 1.58 bits per heavy atom. The van der Waals surface area contributed by atoms with E-state index in [1.54, 1.807) is 24.1 Å². The van der Waals surface area contributed by atoms with E-state index in [9.17, 15) is 9.59 Å². The fourth-order valence-corrected chi connectivity index (χ4v) is 2.63. The van der Waals surface area contributed by atoms with E-state index in [-0.39, 0.29) is 30.9 Å². The largest absolute Gasteiger partial charge is 0.348 e. The van der Waals surface area contributed by atoms with Gasteiger partial charge >= 0.3 is 0 Å². The van der Waals surface area contributed by atoms with Crippen molar-refractivity contribution in [3.05, 3.63) is 64.7 Å². The molecule has 0 aromatic heterocycles. The van der Waals surface area contributed by atoms with Gasteiger partial charge in [-0.15, -0.1) is 0 Å². The van der Waals surface area contributed by atoms with Gasteiger partial charge < -0.3 is 10.6 Å². The number of likely N-dealkylation sites (N-methyl/N-ethyl adjacent to an activating group) is 1. The van der Waals surface area contributed by atoms with Crippen molar-refractivity contribution in [2.45, 2.75) is 19.9 Å². The molecule has 0 unspecified atom stereocenters. The molecule has 0 aliphatic rings. The van der Waals surface area contributed by atoms with Crippen LogP contribution in [-0.2, 0) is 9.59 Å². The van der Waals surface area contributed by atoms with Crippen LogP contribution < -0.4 is 10.6 Å². The van der Waals surface area contributed by atoms with Crippen molar-refractivity contribution < 1.29 is 9.59 Å². The number of hydrogen-bond acceptors (Lipinski definition) is 3. The number of aryl methyl sites for hydroxylation is 1. The number of amides is 2. The third kappa shape index (κ3) is 6.50. The van der Waals surface area contributed by atoms with Gasteiger partial charge in [0.25, 0.3) is 0 Å². The first kappa shape index (κ1) is 19.9. The van der Waals surface area contributed by atoms with Crippen LogP contribution in [0.4, 0.5) is 5.69 Å². The van der Waals surface area contributed by atoms with Crippen molar-refractivity contribution in [3.8, 4) is 0 Å². The fourth-order valence-electron chi connectivity index (χ4n) is 2.51. The summed E-state index contributed by atoms with van der Waals surface area (Å²) >= 11 is 5.87. The third-order valence-corrected chi connectivity index (χ3v) is 4.16. The van der Waals surface area contributed by atoms with Gasteiger partial charge in [-0.3, -0.25) is 14.5 Å². The minimum Gasteiger partial charge on any atom is -0.348 e. The highest BCUT2D eigenvalue weighted by atomic mass is 35.5. The zero-order chi connectivity index (χ0) is 19.1. The average molecular weight is 374 g/mol. The fraction of sp³-hybridized carbons (Fsp3) is 0.300. The summed E-state index contributed by atoms with van der Waals surface area (Å²) in [7, 11) is 1.74. The van der Waals surface area contributed by atoms with Gasteiger partial charge in [0.2, 0.25) is 11.8 Å². The molecule has 2 aromatic carbocycles. The summed E-state index contributed by atoms with van der Waals surface area (Å²) in [6.45, 7) is 4.17. The van der Waals surface area contributed by atoms with E-state index in [0.717, 1.165) is 16.8 Å². The molecule has 26 heavy (non-hydrogen) atoms. The molecule has 0 heterocycles. The van der Waals surface area contributed by atoms with Gasteiger partial charge in [-0.2, -0.15) is 0 Å². The molecule has 2 amide bonds. The van der Waals surface area contributed by atoms with E-state index in [4.69, 9.17) is 11.6 Å². The lowest BCUT2D eigenvalue weighted by Crippen LogP contribution is -2.39. The quantitative estimate of drug-likeness (QED) is 0.782. The van der Waals surface area contributed by atoms with Crippen molar-refractivity contribution in [3.63, 3.8) is 0 Å². The minimum absolute atomic E-state index is 0.130. The number of nitrogens with zero attached hydrogens (tertiary/aromatic N) is 1. The maximum atomic E-state index is 12.2. The van der Waals surface area contributed by atoms with E-state index >= 15 is 0 Å². The number of anilines is 1. The Morgan fingerprint density at radius 3 is 2.19 bits per heavy atom. The number of hydrogen-bond donors (Lipinski definition) is 2. The molecule has 5 nitrogen and oxygen atoms in total. The van der Waals surface area contributed by atoms with Gasteiger partial charge in [-0.1, -0.05) is 41.4 Å². The number of nitrogens with one attached hydrogen (secondary N) is 2. The molecule has 0 saturated heterocycles. The van der Waals surface area contributed by atoms with Gasteiger partial charge in [-0.05, 0) is 50.7 Å². The molecule has 0 fully saturated rings. The summed E-state index contributed by atoms with van der Waals surface area (Å²) in [5, 5.41) is 6.40. The first-order valence-electron chi connectivity index (χ1n) is 8.43. The zero-order valence-electron chi connectivity index (χ0n) is 15.3. The highest BCUT2D eigenvalue weighted by Crippen LogP contribution is 2.15. The predicted molar refractivity (Wildman–Crippen MR) is 105 cm³/mol. The number of carbonyl (C=O) groups excluding carboxylic acids is 2. The van der Waals surface area contributed by atoms with Crippen molar-refractivity contribution in [1.82, 2.24) is 10.2 Å². The van der Waals surface area contributed by atoms with Crippen LogP contribution in [0.1, 0.15) is 24.1 Å². The molecule has 138 valence electrons. The summed E-state index contributed by atoms with van der Waals surface area (Å²) < 4.78 is 0. The van der Waals surface area contributed by atoms with Crippen molar-refractivity contribution >= 4 is 29.1 Å². The summed E-state index contributed by atoms with van der Waals surface area (Å²) in [6.07, 6.45) is 0. The highest BCUT2D eigenvalue weighted by molar-refractivity contribution is 6.30. The maximum absolute atomic E-state index is 12.2. The van der Waals surface area contributed by atoms with Crippen molar-refractivity contribution in [2.24, 2.45) is 0 Å². The van der Waals surface area contributed by atoms with Crippen molar-refractivity contribution in [1.29, 1.82) is 0 Å². The Labute approximate surface area is 159 Å². The number of rotatable bonds is 7. The molecule has 1 atom stereocenters. The summed E-state index contributed by atoms with van der Waals surface area (Å²) in [6, 6.07) is 14.8. The Bertz CT molecular complexity index is 745. The molecule has 0 aliphatic heterocycles. The van der Waals surface area contributed by atoms with Crippen LogP contribution in [0.25, 0.3) is 0 Å². The zero-order valence-corrected chi connectivity index (χ0v) is 16.0. The number of benzene rings is 2. The van der Waals surface area contributed by atoms with E-state index in [1.807, 2.05) is 50.2 Å². The van der Waals surface area contributed by atoms with Crippen LogP contribution in [0, 0.1) is 6.92 Å². The molecule has 2 aromatic rings. The predicted octanol–water partition coefficient (Wildman–Crippen LogP) is 3.40. The highest BCUT2D eigenvalue weighted by Gasteiger charge is 2.14. The molecular weight excluding hydrogens is 350 g/mol. The monoisotopic (exact) mass is 373 g/mol. The Hall–Kier alpha value is -2.37. The molecule has 6 heteroatoms. The van der Waals surface area contributed by atoms with Crippen LogP contribution in [-0.4, -0.2) is 36.9 Å². The molecule has 0 bridgehead atoms. The first-order valence-corrected chi connectivity index (χ1v) is 8.81. The van der Waals surface area contributed by atoms with Gasteiger partial charge in [0.1, 0.15) is 0 Å². The van der Waals surface area contributed by atoms with Crippen LogP contribution in [0.2, 0.25) is 5.02 Å². The van der Waals surface area contributed by atoms with Crippen LogP contribution in [0.3, 0.4) is 0 Å². The summed E-state index contributed by atoms with van der Waals surface area (Å²) in [4.78, 5) is 25.9. The van der Waals surface area contributed by atoms with Gasteiger partial charge in [0, 0.05) is 10.7 Å². The molecule has 0 saturated carbocycles. The second-order valence-corrected chi connectivity index (χ2v) is 6.86. The Kier molecular flexibility index (Phi) is 7.18. The van der Waals surface area contributed by atoms with E-state index < -0.39 is 0 Å². The Balaban J connectivity index is 1.78. The standard InChI is InChI=1S/C20H24ClN3O2/c1-14-4-10-18(11-5-14)23-20(26)13-24(3)12-19(25)22-15(2)16-6-8-17(21)9-7-16/h4-11,15H,12-13H2,1-3H3,(H,22,25)(H,23,26)/t15-/m0/s1. The molecule has 0 radical (unpaired) electrons. The van der Waals surface area contributed by atoms with E-state index in [1.165, 1.54) is 0 Å². The molecule has 2 N–H and O–H groups in total. The van der Waals surface area contributed by atoms with Crippen LogP contribution in [0.5, 0.6) is 0 Å². The lowest BCUT2D eigenvalue weighted by Gasteiger charge is -2.19. The SMILES string of the molecule is Cc1ccc(NC(=O)CN(C)CC(=O)N[C@@H](C)c2ccc(Cl)cc2)cc1. The molecule has 2 rings (SSSR count). The van der Waals surface area contributed by atoms with Gasteiger partial charge in [-0.25, -0.2) is 0 Å². The average Bonchev–Trinajstić information content (AvgIpc) is 2.57. The number of carbonyl (C=O) groups is 2. The molecule has 0 spiro atoms. The Morgan fingerprint density at radius 1 is 1.00 bits per heavy atom. The van der Waals surface area contributed by atoms with E-state index in [0.29, 0.717) is 5.02 Å². The smallest absolute Gasteiger partial charge is 0.238 e. The lowest BCUT2D eigenvalue weighted by molar-refractivity contribution is -0.123. The lowest BCUT2D eigenvalue weighted by atomic mass is 10.1. The second kappa shape index (κ2) is 9.36. The minimum atomic E-state index is -0.157. The van der Waals surface area contributed by atoms with Gasteiger partial charge in [0.15, 0.2) is 0 Å². The van der Waals surface area contributed by atoms with E-state index in [2.05, 4.69) is 10.6 Å². The maximum Gasteiger partial charge on any atom is 0.238 e.